The molecule has 1 aliphatic rings. The van der Waals surface area contributed by atoms with Crippen molar-refractivity contribution in [3.63, 3.8) is 0 Å². The highest BCUT2D eigenvalue weighted by Crippen LogP contribution is 2.32. The highest BCUT2D eigenvalue weighted by molar-refractivity contribution is 5.90. The lowest BCUT2D eigenvalue weighted by atomic mass is 10.0. The van der Waals surface area contributed by atoms with Crippen molar-refractivity contribution >= 4 is 11.9 Å². The van der Waals surface area contributed by atoms with Gasteiger partial charge in [-0.2, -0.15) is 0 Å². The number of benzene rings is 2. The number of rotatable bonds is 5. The molecule has 7 nitrogen and oxygen atoms in total. The normalized spacial score (nSPS) is 12.2. The van der Waals surface area contributed by atoms with Crippen LogP contribution in [-0.4, -0.2) is 22.9 Å². The summed E-state index contributed by atoms with van der Waals surface area (Å²) in [6.07, 6.45) is 0.692. The molecule has 1 amide bonds. The first-order chi connectivity index (χ1) is 13.1. The van der Waals surface area contributed by atoms with Gasteiger partial charge in [-0.1, -0.05) is 29.4 Å². The van der Waals surface area contributed by atoms with Crippen molar-refractivity contribution in [2.45, 2.75) is 26.7 Å². The van der Waals surface area contributed by atoms with E-state index in [1.54, 1.807) is 12.1 Å². The average Bonchev–Trinajstić information content (AvgIpc) is 3.27. The Kier molecular flexibility index (Phi) is 4.50. The standard InChI is InChI=1S/C20H19N3O4/c1-12-3-4-14(7-13(12)2)10-19-22-23-20(27-19)21-18(24)9-15-5-6-16-17(8-15)26-11-25-16/h3-8H,9-11H2,1-2H3,(H,21,23,24). The summed E-state index contributed by atoms with van der Waals surface area (Å²) in [5.41, 5.74) is 4.34. The maximum atomic E-state index is 12.2. The molecular weight excluding hydrogens is 346 g/mol. The number of carbonyl (C=O) groups excluding carboxylic acids is 1. The predicted octanol–water partition coefficient (Wildman–Crippen LogP) is 3.19. The number of aromatic nitrogens is 2. The van der Waals surface area contributed by atoms with E-state index in [2.05, 4.69) is 41.5 Å². The second-order valence-electron chi connectivity index (χ2n) is 6.51. The number of carbonyl (C=O) groups is 1. The van der Waals surface area contributed by atoms with E-state index in [0.29, 0.717) is 23.8 Å². The Balaban J connectivity index is 1.37. The number of amides is 1. The zero-order valence-electron chi connectivity index (χ0n) is 15.1. The zero-order chi connectivity index (χ0) is 18.8. The lowest BCUT2D eigenvalue weighted by Crippen LogP contribution is -2.14. The van der Waals surface area contributed by atoms with Gasteiger partial charge in [-0.25, -0.2) is 0 Å². The summed E-state index contributed by atoms with van der Waals surface area (Å²) in [5, 5.41) is 10.5. The van der Waals surface area contributed by atoms with Gasteiger partial charge in [0, 0.05) is 0 Å². The zero-order valence-corrected chi connectivity index (χ0v) is 15.1. The summed E-state index contributed by atoms with van der Waals surface area (Å²) < 4.78 is 16.1. The van der Waals surface area contributed by atoms with E-state index in [0.717, 1.165) is 11.1 Å². The number of fused-ring (bicyclic) bond motifs is 1. The van der Waals surface area contributed by atoms with Crippen molar-refractivity contribution in [1.82, 2.24) is 10.2 Å². The first kappa shape index (κ1) is 17.1. The van der Waals surface area contributed by atoms with Crippen molar-refractivity contribution in [2.24, 2.45) is 0 Å². The third-order valence-corrected chi connectivity index (χ3v) is 4.44. The summed E-state index contributed by atoms with van der Waals surface area (Å²) >= 11 is 0. The van der Waals surface area contributed by atoms with Crippen LogP contribution in [-0.2, 0) is 17.6 Å². The maximum Gasteiger partial charge on any atom is 0.322 e. The summed E-state index contributed by atoms with van der Waals surface area (Å²) in [5.74, 6) is 1.55. The minimum atomic E-state index is -0.241. The van der Waals surface area contributed by atoms with Crippen LogP contribution >= 0.6 is 0 Å². The van der Waals surface area contributed by atoms with Crippen LogP contribution in [0, 0.1) is 13.8 Å². The van der Waals surface area contributed by atoms with Crippen LogP contribution in [0.1, 0.15) is 28.1 Å². The quantitative estimate of drug-likeness (QED) is 0.747. The molecule has 0 aliphatic carbocycles. The summed E-state index contributed by atoms with van der Waals surface area (Å²) in [7, 11) is 0. The van der Waals surface area contributed by atoms with Crippen LogP contribution in [0.15, 0.2) is 40.8 Å². The third kappa shape index (κ3) is 3.92. The van der Waals surface area contributed by atoms with Crippen LogP contribution in [0.5, 0.6) is 11.5 Å². The molecule has 1 aliphatic heterocycles. The number of hydrogen-bond donors (Lipinski definition) is 1. The number of ether oxygens (including phenoxy) is 2. The molecule has 0 fully saturated rings. The first-order valence-corrected chi connectivity index (χ1v) is 8.64. The Morgan fingerprint density at radius 1 is 1.00 bits per heavy atom. The van der Waals surface area contributed by atoms with Crippen LogP contribution in [0.4, 0.5) is 6.01 Å². The highest BCUT2D eigenvalue weighted by Gasteiger charge is 2.16. The summed E-state index contributed by atoms with van der Waals surface area (Å²) in [6, 6.07) is 11.7. The van der Waals surface area contributed by atoms with Crippen molar-refractivity contribution in [3.05, 3.63) is 64.5 Å². The minimum absolute atomic E-state index is 0.0968. The smallest absolute Gasteiger partial charge is 0.322 e. The Morgan fingerprint density at radius 2 is 1.81 bits per heavy atom. The molecule has 0 spiro atoms. The fourth-order valence-corrected chi connectivity index (χ4v) is 2.86. The van der Waals surface area contributed by atoms with Gasteiger partial charge in [0.2, 0.25) is 18.6 Å². The fourth-order valence-electron chi connectivity index (χ4n) is 2.86. The number of nitrogens with one attached hydrogen (secondary N) is 1. The van der Waals surface area contributed by atoms with E-state index in [9.17, 15) is 4.79 Å². The molecule has 0 saturated heterocycles. The van der Waals surface area contributed by atoms with Crippen LogP contribution < -0.4 is 14.8 Å². The van der Waals surface area contributed by atoms with Crippen LogP contribution in [0.2, 0.25) is 0 Å². The van der Waals surface area contributed by atoms with Gasteiger partial charge in [0.1, 0.15) is 0 Å². The second kappa shape index (κ2) is 7.11. The second-order valence-corrected chi connectivity index (χ2v) is 6.51. The van der Waals surface area contributed by atoms with Crippen molar-refractivity contribution in [1.29, 1.82) is 0 Å². The van der Waals surface area contributed by atoms with Crippen molar-refractivity contribution in [3.8, 4) is 11.5 Å². The van der Waals surface area contributed by atoms with E-state index in [1.165, 1.54) is 11.1 Å². The SMILES string of the molecule is Cc1ccc(Cc2nnc(NC(=O)Cc3ccc4c(c3)OCO4)o2)cc1C. The van der Waals surface area contributed by atoms with Gasteiger partial charge in [0.25, 0.3) is 0 Å². The maximum absolute atomic E-state index is 12.2. The predicted molar refractivity (Wildman–Crippen MR) is 97.9 cm³/mol. The molecule has 0 saturated carbocycles. The van der Waals surface area contributed by atoms with Gasteiger partial charge in [-0.15, -0.1) is 5.10 Å². The summed E-state index contributed by atoms with van der Waals surface area (Å²) in [4.78, 5) is 12.2. The highest BCUT2D eigenvalue weighted by atomic mass is 16.7. The van der Waals surface area contributed by atoms with E-state index < -0.39 is 0 Å². The fraction of sp³-hybridized carbons (Fsp3) is 0.250. The molecule has 1 N–H and O–H groups in total. The molecule has 2 aromatic carbocycles. The van der Waals surface area contributed by atoms with Crippen LogP contribution in [0.3, 0.4) is 0 Å². The lowest BCUT2D eigenvalue weighted by Gasteiger charge is -2.03. The van der Waals surface area contributed by atoms with E-state index in [1.807, 2.05) is 12.1 Å². The topological polar surface area (TPSA) is 86.5 Å². The molecule has 7 heteroatoms. The lowest BCUT2D eigenvalue weighted by molar-refractivity contribution is -0.115. The Morgan fingerprint density at radius 3 is 2.67 bits per heavy atom. The van der Waals surface area contributed by atoms with Crippen LogP contribution in [0.25, 0.3) is 0 Å². The molecule has 138 valence electrons. The molecule has 0 atom stereocenters. The molecular formula is C20H19N3O4. The van der Waals surface area contributed by atoms with Crippen molar-refractivity contribution in [2.75, 3.05) is 12.1 Å². The molecule has 27 heavy (non-hydrogen) atoms. The minimum Gasteiger partial charge on any atom is -0.454 e. The molecule has 0 radical (unpaired) electrons. The molecule has 0 unspecified atom stereocenters. The van der Waals surface area contributed by atoms with Gasteiger partial charge in [-0.3, -0.25) is 10.1 Å². The number of aryl methyl sites for hydroxylation is 2. The van der Waals surface area contributed by atoms with E-state index >= 15 is 0 Å². The largest absolute Gasteiger partial charge is 0.454 e. The number of nitrogens with zero attached hydrogens (tertiary/aromatic N) is 2. The van der Waals surface area contributed by atoms with Gasteiger partial charge >= 0.3 is 6.01 Å². The third-order valence-electron chi connectivity index (χ3n) is 4.44. The number of hydrogen-bond acceptors (Lipinski definition) is 6. The Bertz CT molecular complexity index is 997. The first-order valence-electron chi connectivity index (χ1n) is 8.64. The Labute approximate surface area is 156 Å². The average molecular weight is 365 g/mol. The van der Waals surface area contributed by atoms with E-state index in [4.69, 9.17) is 13.9 Å². The summed E-state index contributed by atoms with van der Waals surface area (Å²) in [6.45, 7) is 4.34. The molecule has 2 heterocycles. The van der Waals surface area contributed by atoms with Crippen molar-refractivity contribution < 1.29 is 18.7 Å². The number of anilines is 1. The monoisotopic (exact) mass is 365 g/mol. The molecule has 3 aromatic rings. The van der Waals surface area contributed by atoms with Gasteiger partial charge in [0.15, 0.2) is 11.5 Å². The molecule has 1 aromatic heterocycles. The molecule has 4 rings (SSSR count). The molecule has 0 bridgehead atoms. The van der Waals surface area contributed by atoms with E-state index in [-0.39, 0.29) is 25.1 Å². The Hall–Kier alpha value is -3.35. The van der Waals surface area contributed by atoms with Gasteiger partial charge in [0.05, 0.1) is 12.8 Å². The van der Waals surface area contributed by atoms with Gasteiger partial charge < -0.3 is 13.9 Å². The van der Waals surface area contributed by atoms with Gasteiger partial charge in [-0.05, 0) is 48.2 Å².